The number of hydrogen-bond acceptors (Lipinski definition) is 6. The number of ether oxygens (including phenoxy) is 2. The van der Waals surface area contributed by atoms with Crippen LogP contribution in [0.25, 0.3) is 0 Å². The van der Waals surface area contributed by atoms with Gasteiger partial charge in [-0.3, -0.25) is 0 Å². The maximum absolute atomic E-state index is 13.3. The van der Waals surface area contributed by atoms with E-state index < -0.39 is 17.7 Å². The predicted octanol–water partition coefficient (Wildman–Crippen LogP) is 5.61. The molecule has 1 aliphatic heterocycles. The third-order valence-corrected chi connectivity index (χ3v) is 5.74. The largest absolute Gasteiger partial charge is 0.496 e. The van der Waals surface area contributed by atoms with Crippen molar-refractivity contribution in [2.45, 2.75) is 30.3 Å². The molecule has 0 spiro atoms. The number of alkyl halides is 3. The van der Waals surface area contributed by atoms with Crippen LogP contribution in [0.15, 0.2) is 41.3 Å². The zero-order valence-electron chi connectivity index (χ0n) is 16.7. The van der Waals surface area contributed by atoms with Crippen molar-refractivity contribution < 1.29 is 27.4 Å². The summed E-state index contributed by atoms with van der Waals surface area (Å²) in [6.07, 6.45) is -1.32. The van der Waals surface area contributed by atoms with Crippen LogP contribution in [0, 0.1) is 0 Å². The maximum Gasteiger partial charge on any atom is 0.416 e. The molecule has 3 rings (SSSR count). The van der Waals surface area contributed by atoms with Crippen LogP contribution < -0.4 is 14.4 Å². The van der Waals surface area contributed by atoms with Gasteiger partial charge in [-0.05, 0) is 67.6 Å². The summed E-state index contributed by atoms with van der Waals surface area (Å²) in [5, 5.41) is 0. The van der Waals surface area contributed by atoms with Gasteiger partial charge >= 0.3 is 12.1 Å². The minimum atomic E-state index is -4.44. The van der Waals surface area contributed by atoms with Crippen molar-refractivity contribution in [2.75, 3.05) is 36.9 Å². The molecule has 0 amide bonds. The summed E-state index contributed by atoms with van der Waals surface area (Å²) >= 11 is 1.09. The van der Waals surface area contributed by atoms with Crippen LogP contribution >= 0.6 is 11.9 Å². The highest BCUT2D eigenvalue weighted by Gasteiger charge is 2.31. The average molecular weight is 440 g/mol. The van der Waals surface area contributed by atoms with Gasteiger partial charge in [-0.25, -0.2) is 4.79 Å². The monoisotopic (exact) mass is 440 g/mol. The van der Waals surface area contributed by atoms with Crippen LogP contribution in [0.1, 0.15) is 35.2 Å². The summed E-state index contributed by atoms with van der Waals surface area (Å²) in [6.45, 7) is 1.59. The molecule has 0 aliphatic carbocycles. The zero-order chi connectivity index (χ0) is 21.7. The lowest BCUT2D eigenvalue weighted by Crippen LogP contribution is -2.30. The van der Waals surface area contributed by atoms with E-state index in [2.05, 4.69) is 9.62 Å². The van der Waals surface area contributed by atoms with E-state index in [4.69, 9.17) is 9.47 Å². The minimum Gasteiger partial charge on any atom is -0.496 e. The van der Waals surface area contributed by atoms with Crippen molar-refractivity contribution in [1.29, 1.82) is 0 Å². The molecule has 9 heteroatoms. The van der Waals surface area contributed by atoms with E-state index in [1.54, 1.807) is 18.2 Å². The Morgan fingerprint density at radius 3 is 2.43 bits per heavy atom. The fourth-order valence-corrected chi connectivity index (χ4v) is 4.14. The van der Waals surface area contributed by atoms with Gasteiger partial charge in [0, 0.05) is 13.1 Å². The number of halogens is 3. The van der Waals surface area contributed by atoms with Gasteiger partial charge in [0.15, 0.2) is 0 Å². The van der Waals surface area contributed by atoms with Crippen LogP contribution in [0.2, 0.25) is 0 Å². The van der Waals surface area contributed by atoms with Gasteiger partial charge < -0.3 is 19.1 Å². The number of rotatable bonds is 6. The van der Waals surface area contributed by atoms with E-state index in [0.29, 0.717) is 21.9 Å². The standard InChI is InChI=1S/C21H23F3N2O3S/c1-28-18-9-6-14(20(27)29-2)12-19(18)30-25-16-13-15(21(22,23)24)7-8-17(16)26-10-4-3-5-11-26/h6-9,12-13,25H,3-5,10-11H2,1-2H3. The second-order valence-electron chi connectivity index (χ2n) is 6.84. The summed E-state index contributed by atoms with van der Waals surface area (Å²) in [7, 11) is 2.77. The van der Waals surface area contributed by atoms with Crippen LogP contribution in [0.5, 0.6) is 5.75 Å². The second kappa shape index (κ2) is 9.51. The van der Waals surface area contributed by atoms with E-state index >= 15 is 0 Å². The summed E-state index contributed by atoms with van der Waals surface area (Å²) in [4.78, 5) is 14.5. The van der Waals surface area contributed by atoms with Crippen LogP contribution in [0.4, 0.5) is 24.5 Å². The topological polar surface area (TPSA) is 50.8 Å². The van der Waals surface area contributed by atoms with E-state index in [9.17, 15) is 18.0 Å². The van der Waals surface area contributed by atoms with Crippen molar-refractivity contribution in [3.63, 3.8) is 0 Å². The Morgan fingerprint density at radius 1 is 1.07 bits per heavy atom. The highest BCUT2D eigenvalue weighted by Crippen LogP contribution is 2.39. The average Bonchev–Trinajstić information content (AvgIpc) is 2.76. The third-order valence-electron chi connectivity index (χ3n) is 4.88. The first kappa shape index (κ1) is 22.1. The van der Waals surface area contributed by atoms with Crippen LogP contribution in [-0.2, 0) is 10.9 Å². The third kappa shape index (κ3) is 5.13. The number of benzene rings is 2. The number of esters is 1. The number of carbonyl (C=O) groups is 1. The van der Waals surface area contributed by atoms with Crippen molar-refractivity contribution in [1.82, 2.24) is 0 Å². The lowest BCUT2D eigenvalue weighted by molar-refractivity contribution is -0.137. The minimum absolute atomic E-state index is 0.322. The number of methoxy groups -OCH3 is 2. The molecular formula is C21H23F3N2O3S. The quantitative estimate of drug-likeness (QED) is 0.466. The molecular weight excluding hydrogens is 417 g/mol. The molecule has 1 N–H and O–H groups in total. The summed E-state index contributed by atoms with van der Waals surface area (Å²) in [6, 6.07) is 8.51. The fraction of sp³-hybridized carbons (Fsp3) is 0.381. The molecule has 0 radical (unpaired) electrons. The van der Waals surface area contributed by atoms with Crippen molar-refractivity contribution >= 4 is 29.3 Å². The first-order valence-corrected chi connectivity index (χ1v) is 10.3. The highest BCUT2D eigenvalue weighted by atomic mass is 32.2. The SMILES string of the molecule is COC(=O)c1ccc(OC)c(SNc2cc(C(F)(F)F)ccc2N2CCCCC2)c1. The number of anilines is 2. The van der Waals surface area contributed by atoms with Crippen molar-refractivity contribution in [3.05, 3.63) is 47.5 Å². The van der Waals surface area contributed by atoms with Crippen molar-refractivity contribution in [2.24, 2.45) is 0 Å². The molecule has 30 heavy (non-hydrogen) atoms. The molecule has 1 aliphatic rings. The van der Waals surface area contributed by atoms with E-state index in [1.807, 2.05) is 0 Å². The Morgan fingerprint density at radius 2 is 1.80 bits per heavy atom. The molecule has 0 saturated carbocycles. The lowest BCUT2D eigenvalue weighted by Gasteiger charge is -2.31. The molecule has 162 valence electrons. The van der Waals surface area contributed by atoms with Gasteiger partial charge in [0.1, 0.15) is 5.75 Å². The molecule has 1 saturated heterocycles. The van der Waals surface area contributed by atoms with Gasteiger partial charge in [0.05, 0.1) is 41.6 Å². The molecule has 0 aromatic heterocycles. The van der Waals surface area contributed by atoms with Gasteiger partial charge in [0.2, 0.25) is 0 Å². The molecule has 1 heterocycles. The molecule has 0 atom stereocenters. The lowest BCUT2D eigenvalue weighted by atomic mass is 10.1. The van der Waals surface area contributed by atoms with E-state index in [-0.39, 0.29) is 0 Å². The van der Waals surface area contributed by atoms with Gasteiger partial charge in [-0.15, -0.1) is 0 Å². The Balaban J connectivity index is 1.92. The van der Waals surface area contributed by atoms with Crippen LogP contribution in [0.3, 0.4) is 0 Å². The Bertz CT molecular complexity index is 900. The number of piperidine rings is 1. The molecule has 1 fully saturated rings. The Hall–Kier alpha value is -2.55. The molecule has 5 nitrogen and oxygen atoms in total. The molecule has 2 aromatic rings. The molecule has 2 aromatic carbocycles. The van der Waals surface area contributed by atoms with E-state index in [0.717, 1.165) is 62.1 Å². The first-order chi connectivity index (χ1) is 14.3. The Labute approximate surface area is 177 Å². The smallest absolute Gasteiger partial charge is 0.416 e. The van der Waals surface area contributed by atoms with Crippen LogP contribution in [-0.4, -0.2) is 33.3 Å². The first-order valence-electron chi connectivity index (χ1n) is 9.49. The van der Waals surface area contributed by atoms with E-state index in [1.165, 1.54) is 20.3 Å². The van der Waals surface area contributed by atoms with Crippen molar-refractivity contribution in [3.8, 4) is 5.75 Å². The summed E-state index contributed by atoms with van der Waals surface area (Å²) in [5.41, 5.74) is 0.685. The number of nitrogens with one attached hydrogen (secondary N) is 1. The second-order valence-corrected chi connectivity index (χ2v) is 7.69. The zero-order valence-corrected chi connectivity index (χ0v) is 17.5. The maximum atomic E-state index is 13.3. The number of carbonyl (C=O) groups excluding carboxylic acids is 1. The number of hydrogen-bond donors (Lipinski definition) is 1. The van der Waals surface area contributed by atoms with Gasteiger partial charge in [-0.2, -0.15) is 13.2 Å². The Kier molecular flexibility index (Phi) is 7.02. The predicted molar refractivity (Wildman–Crippen MR) is 111 cm³/mol. The highest BCUT2D eigenvalue weighted by molar-refractivity contribution is 8.00. The summed E-state index contributed by atoms with van der Waals surface area (Å²) < 4.78 is 53.0. The molecule has 0 unspecified atom stereocenters. The van der Waals surface area contributed by atoms with Gasteiger partial charge in [0.25, 0.3) is 0 Å². The summed E-state index contributed by atoms with van der Waals surface area (Å²) in [5.74, 6) is -0.0146. The normalized spacial score (nSPS) is 14.4. The number of nitrogens with zero attached hydrogens (tertiary/aromatic N) is 1. The fourth-order valence-electron chi connectivity index (χ4n) is 3.32. The van der Waals surface area contributed by atoms with Gasteiger partial charge in [-0.1, -0.05) is 0 Å². The molecule has 0 bridgehead atoms.